The van der Waals surface area contributed by atoms with E-state index in [2.05, 4.69) is 15.9 Å². The van der Waals surface area contributed by atoms with Crippen molar-refractivity contribution in [2.75, 3.05) is 0 Å². The summed E-state index contributed by atoms with van der Waals surface area (Å²) in [6.45, 7) is 1.68. The van der Waals surface area contributed by atoms with Crippen LogP contribution in [0.5, 0.6) is 0 Å². The predicted octanol–water partition coefficient (Wildman–Crippen LogP) is 1.93. The highest BCUT2D eigenvalue weighted by molar-refractivity contribution is 9.10. The average Bonchev–Trinajstić information content (AvgIpc) is 2.35. The summed E-state index contributed by atoms with van der Waals surface area (Å²) in [7, 11) is 0. The minimum atomic E-state index is -1.65. The van der Waals surface area contributed by atoms with Crippen LogP contribution in [0.2, 0.25) is 0 Å². The molecule has 1 aliphatic rings. The van der Waals surface area contributed by atoms with Crippen LogP contribution >= 0.6 is 15.9 Å². The van der Waals surface area contributed by atoms with Gasteiger partial charge in [0.1, 0.15) is 5.41 Å². The summed E-state index contributed by atoms with van der Waals surface area (Å²) in [5.74, 6) is -1.05. The molecule has 1 aliphatic carbocycles. The Hall–Kier alpha value is -0.120. The first-order valence-corrected chi connectivity index (χ1v) is 3.87. The smallest absolute Gasteiger partial charge is 0.313 e. The monoisotopic (exact) mass is 210 g/mol. The highest BCUT2D eigenvalue weighted by Gasteiger charge is 2.72. The molecule has 0 aromatic carbocycles. The van der Waals surface area contributed by atoms with Crippen molar-refractivity contribution in [2.24, 2.45) is 5.41 Å². The van der Waals surface area contributed by atoms with Crippen LogP contribution in [0.15, 0.2) is 0 Å². The zero-order valence-corrected chi connectivity index (χ0v) is 7.11. The second-order valence-corrected chi connectivity index (χ2v) is 3.88. The number of hydrogen-bond acceptors (Lipinski definition) is 1. The Bertz CT molecular complexity index is 181. The maximum atomic E-state index is 12.9. The molecule has 1 N–H and O–H groups in total. The highest BCUT2D eigenvalue weighted by Crippen LogP contribution is 2.65. The standard InChI is InChI=1S/C6H8BrFO2/c1-2-5(4(9)10)3-6(5,7)8/h2-3H2,1H3,(H,9,10). The minimum Gasteiger partial charge on any atom is -0.481 e. The number of aliphatic carboxylic acids is 1. The van der Waals surface area contributed by atoms with Gasteiger partial charge in [-0.2, -0.15) is 0 Å². The summed E-state index contributed by atoms with van der Waals surface area (Å²) in [5.41, 5.74) is -1.15. The predicted molar refractivity (Wildman–Crippen MR) is 37.7 cm³/mol. The Morgan fingerprint density at radius 2 is 2.30 bits per heavy atom. The van der Waals surface area contributed by atoms with Crippen LogP contribution in [0.3, 0.4) is 0 Å². The van der Waals surface area contributed by atoms with Gasteiger partial charge in [0, 0.05) is 6.42 Å². The molecule has 0 aromatic heterocycles. The van der Waals surface area contributed by atoms with Crippen LogP contribution in [0.25, 0.3) is 0 Å². The van der Waals surface area contributed by atoms with Crippen molar-refractivity contribution in [3.63, 3.8) is 0 Å². The Morgan fingerprint density at radius 3 is 2.30 bits per heavy atom. The van der Waals surface area contributed by atoms with E-state index in [9.17, 15) is 9.18 Å². The molecule has 0 spiro atoms. The number of carboxylic acids is 1. The van der Waals surface area contributed by atoms with Crippen molar-refractivity contribution < 1.29 is 14.3 Å². The molecule has 0 aromatic rings. The summed E-state index contributed by atoms with van der Waals surface area (Å²) in [6.07, 6.45) is 0.427. The van der Waals surface area contributed by atoms with Gasteiger partial charge < -0.3 is 5.11 Å². The van der Waals surface area contributed by atoms with Gasteiger partial charge in [-0.25, -0.2) is 4.39 Å². The third kappa shape index (κ3) is 0.779. The highest BCUT2D eigenvalue weighted by atomic mass is 79.9. The Morgan fingerprint density at radius 1 is 1.90 bits per heavy atom. The van der Waals surface area contributed by atoms with E-state index >= 15 is 0 Å². The van der Waals surface area contributed by atoms with E-state index in [1.807, 2.05) is 0 Å². The molecular weight excluding hydrogens is 203 g/mol. The zero-order valence-electron chi connectivity index (χ0n) is 5.53. The first-order valence-electron chi connectivity index (χ1n) is 3.07. The molecular formula is C6H8BrFO2. The van der Waals surface area contributed by atoms with Crippen molar-refractivity contribution in [1.29, 1.82) is 0 Å². The Kier molecular flexibility index (Phi) is 1.54. The fourth-order valence-electron chi connectivity index (χ4n) is 1.10. The molecule has 0 radical (unpaired) electrons. The third-order valence-electron chi connectivity index (χ3n) is 2.11. The lowest BCUT2D eigenvalue weighted by atomic mass is 10.0. The van der Waals surface area contributed by atoms with E-state index < -0.39 is 16.0 Å². The average molecular weight is 211 g/mol. The molecule has 1 saturated carbocycles. The lowest BCUT2D eigenvalue weighted by molar-refractivity contribution is -0.144. The van der Waals surface area contributed by atoms with Gasteiger partial charge in [-0.1, -0.05) is 6.92 Å². The normalized spacial score (nSPS) is 45.1. The van der Waals surface area contributed by atoms with E-state index in [0.29, 0.717) is 6.42 Å². The number of halogens is 2. The van der Waals surface area contributed by atoms with E-state index in [1.165, 1.54) is 0 Å². The van der Waals surface area contributed by atoms with Gasteiger partial charge in [0.2, 0.25) is 0 Å². The van der Waals surface area contributed by atoms with E-state index in [-0.39, 0.29) is 6.42 Å². The molecule has 10 heavy (non-hydrogen) atoms. The fourth-order valence-corrected chi connectivity index (χ4v) is 2.03. The molecule has 58 valence electrons. The first-order chi connectivity index (χ1) is 4.46. The fraction of sp³-hybridized carbons (Fsp3) is 0.833. The first kappa shape index (κ1) is 7.98. The van der Waals surface area contributed by atoms with Crippen molar-refractivity contribution in [2.45, 2.75) is 24.3 Å². The van der Waals surface area contributed by atoms with Crippen LogP contribution in [0.1, 0.15) is 19.8 Å². The summed E-state index contributed by atoms with van der Waals surface area (Å²) < 4.78 is 11.3. The second kappa shape index (κ2) is 1.94. The number of alkyl halides is 2. The van der Waals surface area contributed by atoms with Crippen LogP contribution in [0.4, 0.5) is 4.39 Å². The molecule has 4 heteroatoms. The lowest BCUT2D eigenvalue weighted by Gasteiger charge is -2.07. The number of carboxylic acid groups (broad SMARTS) is 1. The quantitative estimate of drug-likeness (QED) is 0.708. The van der Waals surface area contributed by atoms with Gasteiger partial charge in [-0.15, -0.1) is 0 Å². The molecule has 0 amide bonds. The van der Waals surface area contributed by atoms with Crippen LogP contribution < -0.4 is 0 Å². The summed E-state index contributed by atoms with van der Waals surface area (Å²) in [5, 5.41) is 8.57. The van der Waals surface area contributed by atoms with Gasteiger partial charge >= 0.3 is 5.97 Å². The second-order valence-electron chi connectivity index (χ2n) is 2.62. The summed E-state index contributed by atoms with van der Waals surface area (Å²) >= 11 is 2.72. The number of carbonyl (C=O) groups is 1. The molecule has 0 saturated heterocycles. The van der Waals surface area contributed by atoms with Crippen molar-refractivity contribution in [3.05, 3.63) is 0 Å². The molecule has 2 nitrogen and oxygen atoms in total. The Balaban J connectivity index is 2.78. The summed E-state index contributed by atoms with van der Waals surface area (Å²) in [4.78, 5) is 10.5. The number of rotatable bonds is 2. The lowest BCUT2D eigenvalue weighted by Crippen LogP contribution is -2.20. The minimum absolute atomic E-state index is 0.0891. The van der Waals surface area contributed by atoms with Gasteiger partial charge in [0.05, 0.1) is 0 Å². The SMILES string of the molecule is CCC1(C(=O)O)CC1(F)Br. The van der Waals surface area contributed by atoms with Gasteiger partial charge in [0.15, 0.2) is 4.58 Å². The molecule has 2 unspecified atom stereocenters. The molecule has 1 rings (SSSR count). The van der Waals surface area contributed by atoms with Crippen LogP contribution in [-0.4, -0.2) is 15.7 Å². The third-order valence-corrected chi connectivity index (χ3v) is 3.15. The van der Waals surface area contributed by atoms with Gasteiger partial charge in [0.25, 0.3) is 0 Å². The van der Waals surface area contributed by atoms with E-state index in [1.54, 1.807) is 6.92 Å². The Labute approximate surface area is 66.5 Å². The topological polar surface area (TPSA) is 37.3 Å². The maximum Gasteiger partial charge on any atom is 0.313 e. The van der Waals surface area contributed by atoms with Crippen molar-refractivity contribution >= 4 is 21.9 Å². The van der Waals surface area contributed by atoms with Crippen molar-refractivity contribution in [1.82, 2.24) is 0 Å². The number of hydrogen-bond donors (Lipinski definition) is 1. The van der Waals surface area contributed by atoms with Crippen LogP contribution in [0, 0.1) is 5.41 Å². The molecule has 0 bridgehead atoms. The maximum absolute atomic E-state index is 12.9. The van der Waals surface area contributed by atoms with Crippen molar-refractivity contribution in [3.8, 4) is 0 Å². The van der Waals surface area contributed by atoms with E-state index in [4.69, 9.17) is 5.11 Å². The molecule has 2 atom stereocenters. The summed E-state index contributed by atoms with van der Waals surface area (Å²) in [6, 6.07) is 0. The van der Waals surface area contributed by atoms with Crippen LogP contribution in [-0.2, 0) is 4.79 Å². The largest absolute Gasteiger partial charge is 0.481 e. The zero-order chi connectivity index (χ0) is 7.99. The van der Waals surface area contributed by atoms with Gasteiger partial charge in [-0.3, -0.25) is 4.79 Å². The van der Waals surface area contributed by atoms with E-state index in [0.717, 1.165) is 0 Å². The molecule has 1 fully saturated rings. The molecule has 0 heterocycles. The molecule has 0 aliphatic heterocycles. The van der Waals surface area contributed by atoms with Gasteiger partial charge in [-0.05, 0) is 22.4 Å².